The van der Waals surface area contributed by atoms with Crippen molar-refractivity contribution in [2.24, 2.45) is 5.73 Å². The predicted molar refractivity (Wildman–Crippen MR) is 118 cm³/mol. The molecule has 28 heavy (non-hydrogen) atoms. The summed E-state index contributed by atoms with van der Waals surface area (Å²) in [7, 11) is 1.86. The standard InChI is InChI=1S/C24H29N3O/c1-24(2,18-25)27(22-15-9-13-20-12-7-8-14-21(20)22)23(28)26(3)17-16-19-10-5-4-6-11-19/h4-15H,16-18,25H2,1-3H3. The Kier molecular flexibility index (Phi) is 6.00. The molecular weight excluding hydrogens is 346 g/mol. The summed E-state index contributed by atoms with van der Waals surface area (Å²) < 4.78 is 0. The van der Waals surface area contributed by atoms with Crippen LogP contribution in [0.25, 0.3) is 10.8 Å². The number of likely N-dealkylation sites (N-methyl/N-ethyl adjacent to an activating group) is 1. The number of carbonyl (C=O) groups is 1. The molecule has 0 saturated carbocycles. The first-order valence-electron chi connectivity index (χ1n) is 9.71. The molecule has 0 fully saturated rings. The topological polar surface area (TPSA) is 49.6 Å². The van der Waals surface area contributed by atoms with Crippen molar-refractivity contribution < 1.29 is 4.79 Å². The fraction of sp³-hybridized carbons (Fsp3) is 0.292. The van der Waals surface area contributed by atoms with Crippen molar-refractivity contribution in [3.05, 3.63) is 78.4 Å². The zero-order valence-electron chi connectivity index (χ0n) is 16.9. The van der Waals surface area contributed by atoms with Crippen molar-refractivity contribution in [1.29, 1.82) is 0 Å². The first-order valence-corrected chi connectivity index (χ1v) is 9.71. The van der Waals surface area contributed by atoms with Crippen LogP contribution in [0.3, 0.4) is 0 Å². The molecule has 4 heteroatoms. The van der Waals surface area contributed by atoms with E-state index in [2.05, 4.69) is 30.3 Å². The lowest BCUT2D eigenvalue weighted by Crippen LogP contribution is -2.56. The van der Waals surface area contributed by atoms with Gasteiger partial charge in [-0.15, -0.1) is 0 Å². The quantitative estimate of drug-likeness (QED) is 0.680. The summed E-state index contributed by atoms with van der Waals surface area (Å²) in [6.07, 6.45) is 0.815. The first-order chi connectivity index (χ1) is 13.4. The van der Waals surface area contributed by atoms with E-state index < -0.39 is 5.54 Å². The van der Waals surface area contributed by atoms with Gasteiger partial charge < -0.3 is 10.6 Å². The second kappa shape index (κ2) is 8.44. The lowest BCUT2D eigenvalue weighted by atomic mass is 9.99. The Balaban J connectivity index is 1.92. The molecule has 0 aliphatic heterocycles. The molecule has 0 bridgehead atoms. The number of hydrogen-bond acceptors (Lipinski definition) is 2. The maximum absolute atomic E-state index is 13.5. The van der Waals surface area contributed by atoms with Crippen LogP contribution in [0.15, 0.2) is 72.8 Å². The number of carbonyl (C=O) groups excluding carboxylic acids is 1. The maximum atomic E-state index is 13.5. The number of fused-ring (bicyclic) bond motifs is 1. The van der Waals surface area contributed by atoms with Crippen molar-refractivity contribution in [2.45, 2.75) is 25.8 Å². The van der Waals surface area contributed by atoms with E-state index >= 15 is 0 Å². The molecule has 0 radical (unpaired) electrons. The third kappa shape index (κ3) is 4.18. The van der Waals surface area contributed by atoms with E-state index in [1.807, 2.05) is 68.3 Å². The van der Waals surface area contributed by atoms with E-state index in [0.29, 0.717) is 13.1 Å². The molecule has 0 unspecified atom stereocenters. The smallest absolute Gasteiger partial charge is 0.324 e. The maximum Gasteiger partial charge on any atom is 0.324 e. The molecule has 0 spiro atoms. The van der Waals surface area contributed by atoms with Crippen LogP contribution in [-0.2, 0) is 6.42 Å². The Morgan fingerprint density at radius 1 is 0.929 bits per heavy atom. The van der Waals surface area contributed by atoms with Crippen LogP contribution < -0.4 is 10.6 Å². The highest BCUT2D eigenvalue weighted by Gasteiger charge is 2.33. The van der Waals surface area contributed by atoms with Gasteiger partial charge in [0.2, 0.25) is 0 Å². The highest BCUT2D eigenvalue weighted by Crippen LogP contribution is 2.32. The van der Waals surface area contributed by atoms with Crippen LogP contribution in [0, 0.1) is 0 Å². The van der Waals surface area contributed by atoms with Gasteiger partial charge in [0.05, 0.1) is 11.2 Å². The molecule has 4 nitrogen and oxygen atoms in total. The first kappa shape index (κ1) is 19.9. The molecule has 0 aliphatic carbocycles. The largest absolute Gasteiger partial charge is 0.328 e. The van der Waals surface area contributed by atoms with E-state index in [-0.39, 0.29) is 6.03 Å². The Morgan fingerprint density at radius 3 is 2.29 bits per heavy atom. The Labute approximate surface area is 167 Å². The number of hydrogen-bond donors (Lipinski definition) is 1. The molecule has 146 valence electrons. The van der Waals surface area contributed by atoms with E-state index in [4.69, 9.17) is 5.73 Å². The van der Waals surface area contributed by atoms with Gasteiger partial charge in [-0.25, -0.2) is 4.79 Å². The lowest BCUT2D eigenvalue weighted by Gasteiger charge is -2.40. The van der Waals surface area contributed by atoms with Crippen molar-refractivity contribution >= 4 is 22.5 Å². The molecule has 3 rings (SSSR count). The molecular formula is C24H29N3O. The predicted octanol–water partition coefficient (Wildman–Crippen LogP) is 4.68. The summed E-state index contributed by atoms with van der Waals surface area (Å²) in [5.41, 5.74) is 7.68. The van der Waals surface area contributed by atoms with Crippen molar-refractivity contribution in [3.8, 4) is 0 Å². The average molecular weight is 376 g/mol. The number of nitrogens with two attached hydrogens (primary N) is 1. The fourth-order valence-corrected chi connectivity index (χ4v) is 3.39. The Morgan fingerprint density at radius 2 is 1.57 bits per heavy atom. The van der Waals surface area contributed by atoms with Crippen molar-refractivity contribution in [1.82, 2.24) is 4.90 Å². The number of urea groups is 1. The van der Waals surface area contributed by atoms with Gasteiger partial charge in [0.25, 0.3) is 0 Å². The van der Waals surface area contributed by atoms with Gasteiger partial charge in [-0.1, -0.05) is 66.7 Å². The summed E-state index contributed by atoms with van der Waals surface area (Å²) in [5, 5.41) is 2.16. The van der Waals surface area contributed by atoms with Crippen LogP contribution in [0.2, 0.25) is 0 Å². The van der Waals surface area contributed by atoms with E-state index in [9.17, 15) is 4.79 Å². The van der Waals surface area contributed by atoms with Gasteiger partial charge >= 0.3 is 6.03 Å². The van der Waals surface area contributed by atoms with Crippen LogP contribution in [0.5, 0.6) is 0 Å². The fourth-order valence-electron chi connectivity index (χ4n) is 3.39. The molecule has 0 aromatic heterocycles. The van der Waals surface area contributed by atoms with E-state index in [1.54, 1.807) is 4.90 Å². The average Bonchev–Trinajstić information content (AvgIpc) is 2.73. The Hall–Kier alpha value is -2.85. The third-order valence-electron chi connectivity index (χ3n) is 5.21. The van der Waals surface area contributed by atoms with Crippen LogP contribution in [0.1, 0.15) is 19.4 Å². The van der Waals surface area contributed by atoms with E-state index in [1.165, 1.54) is 5.56 Å². The van der Waals surface area contributed by atoms with Crippen LogP contribution >= 0.6 is 0 Å². The molecule has 2 N–H and O–H groups in total. The Bertz CT molecular complexity index is 931. The molecule has 0 atom stereocenters. The minimum absolute atomic E-state index is 0.0391. The van der Waals surface area contributed by atoms with Gasteiger partial charge in [-0.3, -0.25) is 4.90 Å². The van der Waals surface area contributed by atoms with Crippen molar-refractivity contribution in [2.75, 3.05) is 25.0 Å². The van der Waals surface area contributed by atoms with Gasteiger partial charge in [0, 0.05) is 25.5 Å². The summed E-state index contributed by atoms with van der Waals surface area (Å²) >= 11 is 0. The molecule has 2 amide bonds. The van der Waals surface area contributed by atoms with Gasteiger partial charge in [0.15, 0.2) is 0 Å². The molecule has 0 aliphatic rings. The van der Waals surface area contributed by atoms with Crippen LogP contribution in [0.4, 0.5) is 10.5 Å². The van der Waals surface area contributed by atoms with E-state index in [0.717, 1.165) is 22.9 Å². The highest BCUT2D eigenvalue weighted by atomic mass is 16.2. The normalized spacial score (nSPS) is 11.4. The highest BCUT2D eigenvalue weighted by molar-refractivity contribution is 6.04. The number of rotatable bonds is 6. The molecule has 0 saturated heterocycles. The number of amides is 2. The SMILES string of the molecule is CN(CCc1ccccc1)C(=O)N(c1cccc2ccccc12)C(C)(C)CN. The third-order valence-corrected chi connectivity index (χ3v) is 5.21. The van der Waals surface area contributed by atoms with Crippen LogP contribution in [-0.4, -0.2) is 36.6 Å². The van der Waals surface area contributed by atoms with Gasteiger partial charge in [0.1, 0.15) is 0 Å². The summed E-state index contributed by atoms with van der Waals surface area (Å²) in [6.45, 7) is 5.04. The molecule has 3 aromatic rings. The monoisotopic (exact) mass is 375 g/mol. The summed E-state index contributed by atoms with van der Waals surface area (Å²) in [4.78, 5) is 17.1. The van der Waals surface area contributed by atoms with Gasteiger partial charge in [-0.05, 0) is 37.3 Å². The number of benzene rings is 3. The second-order valence-electron chi connectivity index (χ2n) is 7.79. The number of anilines is 1. The van der Waals surface area contributed by atoms with Crippen molar-refractivity contribution in [3.63, 3.8) is 0 Å². The van der Waals surface area contributed by atoms with Gasteiger partial charge in [-0.2, -0.15) is 0 Å². The summed E-state index contributed by atoms with van der Waals surface area (Å²) in [6, 6.07) is 24.4. The minimum Gasteiger partial charge on any atom is -0.328 e. The molecule has 0 heterocycles. The minimum atomic E-state index is -0.512. The summed E-state index contributed by atoms with van der Waals surface area (Å²) in [5.74, 6) is 0. The molecule has 3 aromatic carbocycles. The number of nitrogens with zero attached hydrogens (tertiary/aromatic N) is 2. The lowest BCUT2D eigenvalue weighted by molar-refractivity contribution is 0.209. The second-order valence-corrected chi connectivity index (χ2v) is 7.79. The zero-order chi connectivity index (χ0) is 20.1. The zero-order valence-corrected chi connectivity index (χ0v) is 16.9.